The van der Waals surface area contributed by atoms with Gasteiger partial charge in [0.15, 0.2) is 0 Å². The van der Waals surface area contributed by atoms with Gasteiger partial charge in [0, 0.05) is 19.2 Å². The summed E-state index contributed by atoms with van der Waals surface area (Å²) < 4.78 is 5.27. The fourth-order valence-electron chi connectivity index (χ4n) is 2.96. The molecule has 3 rings (SSSR count). The molecule has 0 fully saturated rings. The van der Waals surface area contributed by atoms with Gasteiger partial charge in [-0.25, -0.2) is 0 Å². The molecule has 94 valence electrons. The average Bonchev–Trinajstić information content (AvgIpc) is 2.41. The Morgan fingerprint density at radius 1 is 1.17 bits per heavy atom. The van der Waals surface area contributed by atoms with E-state index in [1.807, 2.05) is 18.0 Å². The smallest absolute Gasteiger partial charge is 0.226 e. The van der Waals surface area contributed by atoms with Crippen molar-refractivity contribution in [3.05, 3.63) is 35.0 Å². The first-order valence-corrected chi connectivity index (χ1v) is 6.36. The lowest BCUT2D eigenvalue weighted by Crippen LogP contribution is -2.32. The highest BCUT2D eigenvalue weighted by molar-refractivity contribution is 5.87. The van der Waals surface area contributed by atoms with Gasteiger partial charge in [0.05, 0.1) is 7.11 Å². The van der Waals surface area contributed by atoms with Crippen LogP contribution in [0.25, 0.3) is 5.57 Å². The lowest BCUT2D eigenvalue weighted by atomic mass is 9.84. The van der Waals surface area contributed by atoms with E-state index in [2.05, 4.69) is 12.1 Å². The number of fused-ring (bicyclic) bond motifs is 2. The molecule has 3 heteroatoms. The number of hydrogen-bond acceptors (Lipinski definition) is 2. The van der Waals surface area contributed by atoms with Gasteiger partial charge in [0.1, 0.15) is 5.75 Å². The quantitative estimate of drug-likeness (QED) is 0.758. The van der Waals surface area contributed by atoms with E-state index in [-0.39, 0.29) is 5.91 Å². The predicted octanol–water partition coefficient (Wildman–Crippen LogP) is 2.60. The third kappa shape index (κ3) is 1.62. The zero-order valence-corrected chi connectivity index (χ0v) is 10.8. The van der Waals surface area contributed by atoms with Gasteiger partial charge in [-0.05, 0) is 48.1 Å². The largest absolute Gasteiger partial charge is 0.497 e. The average molecular weight is 243 g/mol. The maximum Gasteiger partial charge on any atom is 0.226 e. The minimum atomic E-state index is 0.241. The lowest BCUT2D eigenvalue weighted by Gasteiger charge is -2.33. The van der Waals surface area contributed by atoms with Crippen LogP contribution in [-0.4, -0.2) is 25.0 Å². The zero-order valence-electron chi connectivity index (χ0n) is 10.8. The van der Waals surface area contributed by atoms with E-state index >= 15 is 0 Å². The van der Waals surface area contributed by atoms with Gasteiger partial charge in [-0.1, -0.05) is 6.07 Å². The lowest BCUT2D eigenvalue weighted by molar-refractivity contribution is -0.128. The van der Waals surface area contributed by atoms with Crippen LogP contribution in [-0.2, 0) is 11.2 Å². The van der Waals surface area contributed by atoms with Gasteiger partial charge in [-0.3, -0.25) is 4.79 Å². The maximum absolute atomic E-state index is 11.7. The Labute approximate surface area is 107 Å². The second-order valence-corrected chi connectivity index (χ2v) is 4.90. The first-order valence-electron chi connectivity index (χ1n) is 6.36. The Morgan fingerprint density at radius 2 is 2.00 bits per heavy atom. The molecule has 1 aliphatic carbocycles. The Bertz CT molecular complexity index is 545. The molecule has 1 aliphatic heterocycles. The molecule has 2 aliphatic rings. The molecule has 0 saturated heterocycles. The Morgan fingerprint density at radius 3 is 2.78 bits per heavy atom. The van der Waals surface area contributed by atoms with Crippen LogP contribution in [0.2, 0.25) is 0 Å². The normalized spacial score (nSPS) is 18.6. The van der Waals surface area contributed by atoms with Crippen LogP contribution in [0.1, 0.15) is 30.4 Å². The molecular formula is C15H17NO2. The fraction of sp³-hybridized carbons (Fsp3) is 0.400. The number of aryl methyl sites for hydroxylation is 1. The first-order chi connectivity index (χ1) is 8.70. The van der Waals surface area contributed by atoms with Crippen molar-refractivity contribution < 1.29 is 9.53 Å². The number of rotatable bonds is 1. The van der Waals surface area contributed by atoms with Gasteiger partial charge in [0.2, 0.25) is 5.91 Å². The second kappa shape index (κ2) is 4.16. The maximum atomic E-state index is 11.7. The molecule has 1 aromatic carbocycles. The number of amides is 1. The summed E-state index contributed by atoms with van der Waals surface area (Å²) >= 11 is 0. The van der Waals surface area contributed by atoms with Crippen LogP contribution >= 0.6 is 0 Å². The molecule has 0 N–H and O–H groups in total. The SMILES string of the molecule is COc1ccc2c(c1)CCC1=C2CCC(=O)N1C. The van der Waals surface area contributed by atoms with Crippen molar-refractivity contribution in [1.82, 2.24) is 4.90 Å². The minimum Gasteiger partial charge on any atom is -0.497 e. The van der Waals surface area contributed by atoms with E-state index < -0.39 is 0 Å². The van der Waals surface area contributed by atoms with Crippen molar-refractivity contribution in [3.63, 3.8) is 0 Å². The summed E-state index contributed by atoms with van der Waals surface area (Å²) in [6.45, 7) is 0. The molecule has 0 saturated carbocycles. The highest BCUT2D eigenvalue weighted by atomic mass is 16.5. The summed E-state index contributed by atoms with van der Waals surface area (Å²) in [5, 5.41) is 0. The Hall–Kier alpha value is -1.77. The Balaban J connectivity index is 2.09. The third-order valence-corrected chi connectivity index (χ3v) is 3.98. The minimum absolute atomic E-state index is 0.241. The van der Waals surface area contributed by atoms with Crippen LogP contribution in [0.15, 0.2) is 23.9 Å². The highest BCUT2D eigenvalue weighted by Crippen LogP contribution is 2.39. The fourth-order valence-corrected chi connectivity index (χ4v) is 2.96. The van der Waals surface area contributed by atoms with Crippen LogP contribution in [0.5, 0.6) is 5.75 Å². The van der Waals surface area contributed by atoms with Gasteiger partial charge < -0.3 is 9.64 Å². The Kier molecular flexibility index (Phi) is 2.62. The number of methoxy groups -OCH3 is 1. The monoisotopic (exact) mass is 243 g/mol. The van der Waals surface area contributed by atoms with E-state index in [0.717, 1.165) is 25.0 Å². The summed E-state index contributed by atoms with van der Waals surface area (Å²) in [6.07, 6.45) is 3.44. The number of allylic oxidation sites excluding steroid dienone is 2. The number of ether oxygens (including phenoxy) is 1. The standard InChI is InChI=1S/C15H17NO2/c1-16-14-7-3-10-9-11(18-2)4-5-12(10)13(14)6-8-15(16)17/h4-5,9H,3,6-8H2,1-2H3. The molecule has 0 radical (unpaired) electrons. The summed E-state index contributed by atoms with van der Waals surface area (Å²) in [6, 6.07) is 6.26. The van der Waals surface area contributed by atoms with E-state index in [9.17, 15) is 4.79 Å². The van der Waals surface area contributed by atoms with Crippen LogP contribution in [0, 0.1) is 0 Å². The molecule has 1 amide bonds. The van der Waals surface area contributed by atoms with Crippen molar-refractivity contribution in [3.8, 4) is 5.75 Å². The van der Waals surface area contributed by atoms with Gasteiger partial charge in [0.25, 0.3) is 0 Å². The summed E-state index contributed by atoms with van der Waals surface area (Å²) in [5.41, 5.74) is 5.21. The molecule has 18 heavy (non-hydrogen) atoms. The van der Waals surface area contributed by atoms with Crippen LogP contribution in [0.3, 0.4) is 0 Å². The van der Waals surface area contributed by atoms with Crippen molar-refractivity contribution in [1.29, 1.82) is 0 Å². The third-order valence-electron chi connectivity index (χ3n) is 3.98. The molecule has 0 bridgehead atoms. The summed E-state index contributed by atoms with van der Waals surface area (Å²) in [4.78, 5) is 13.6. The molecule has 0 atom stereocenters. The van der Waals surface area contributed by atoms with Gasteiger partial charge in [-0.2, -0.15) is 0 Å². The van der Waals surface area contributed by atoms with Gasteiger partial charge in [-0.15, -0.1) is 0 Å². The second-order valence-electron chi connectivity index (χ2n) is 4.90. The molecule has 0 unspecified atom stereocenters. The van der Waals surface area contributed by atoms with Crippen molar-refractivity contribution in [2.45, 2.75) is 25.7 Å². The van der Waals surface area contributed by atoms with Crippen molar-refractivity contribution in [2.24, 2.45) is 0 Å². The van der Waals surface area contributed by atoms with Crippen molar-refractivity contribution in [2.75, 3.05) is 14.2 Å². The first kappa shape index (κ1) is 11.3. The van der Waals surface area contributed by atoms with E-state index in [1.165, 1.54) is 22.4 Å². The summed E-state index contributed by atoms with van der Waals surface area (Å²) in [5.74, 6) is 1.16. The topological polar surface area (TPSA) is 29.5 Å². The number of hydrogen-bond donors (Lipinski definition) is 0. The molecular weight excluding hydrogens is 226 g/mol. The predicted molar refractivity (Wildman–Crippen MR) is 70.2 cm³/mol. The molecule has 0 aromatic heterocycles. The van der Waals surface area contributed by atoms with Gasteiger partial charge >= 0.3 is 0 Å². The number of carbonyl (C=O) groups is 1. The molecule has 1 heterocycles. The van der Waals surface area contributed by atoms with E-state index in [4.69, 9.17) is 4.74 Å². The summed E-state index contributed by atoms with van der Waals surface area (Å²) in [7, 11) is 3.59. The number of benzene rings is 1. The van der Waals surface area contributed by atoms with E-state index in [0.29, 0.717) is 6.42 Å². The number of carbonyl (C=O) groups excluding carboxylic acids is 1. The highest BCUT2D eigenvalue weighted by Gasteiger charge is 2.28. The van der Waals surface area contributed by atoms with Crippen LogP contribution < -0.4 is 4.74 Å². The zero-order chi connectivity index (χ0) is 12.7. The molecule has 3 nitrogen and oxygen atoms in total. The van der Waals surface area contributed by atoms with Crippen molar-refractivity contribution >= 4 is 11.5 Å². The van der Waals surface area contributed by atoms with E-state index in [1.54, 1.807) is 7.11 Å². The van der Waals surface area contributed by atoms with Crippen LogP contribution in [0.4, 0.5) is 0 Å². The molecule has 1 aromatic rings. The number of nitrogens with zero attached hydrogens (tertiary/aromatic N) is 1. The molecule has 0 spiro atoms.